The van der Waals surface area contributed by atoms with Crippen molar-refractivity contribution in [3.63, 3.8) is 0 Å². The van der Waals surface area contributed by atoms with Crippen LogP contribution in [0.3, 0.4) is 0 Å². The summed E-state index contributed by atoms with van der Waals surface area (Å²) in [6, 6.07) is 10.8. The van der Waals surface area contributed by atoms with Gasteiger partial charge in [0.1, 0.15) is 12.6 Å². The first kappa shape index (κ1) is 28.4. The molecule has 0 fully saturated rings. The highest BCUT2D eigenvalue weighted by Gasteiger charge is 2.35. The zero-order chi connectivity index (χ0) is 26.4. The van der Waals surface area contributed by atoms with Gasteiger partial charge in [-0.3, -0.25) is 13.9 Å². The number of alkyl halides is 3. The maximum Gasteiger partial charge on any atom is 0.417 e. The van der Waals surface area contributed by atoms with Crippen molar-refractivity contribution in [3.05, 3.63) is 64.7 Å². The first-order chi connectivity index (χ1) is 16.3. The third-order valence-corrected chi connectivity index (χ3v) is 6.70. The second-order valence-corrected chi connectivity index (χ2v) is 10.1. The second kappa shape index (κ2) is 11.8. The van der Waals surface area contributed by atoms with Crippen LogP contribution in [0.2, 0.25) is 5.02 Å². The molecule has 2 rings (SSSR count). The molecule has 1 atom stereocenters. The molecule has 192 valence electrons. The maximum atomic E-state index is 13.3. The molecule has 35 heavy (non-hydrogen) atoms. The third-order valence-electron chi connectivity index (χ3n) is 5.23. The topological polar surface area (TPSA) is 86.8 Å². The molecule has 7 nitrogen and oxygen atoms in total. The monoisotopic (exact) mass is 533 g/mol. The number of hydrogen-bond acceptors (Lipinski definition) is 4. The number of nitrogens with one attached hydrogen (secondary N) is 1. The van der Waals surface area contributed by atoms with Gasteiger partial charge in [0.15, 0.2) is 0 Å². The van der Waals surface area contributed by atoms with E-state index in [-0.39, 0.29) is 12.2 Å². The molecule has 0 unspecified atom stereocenters. The highest BCUT2D eigenvalue weighted by atomic mass is 35.5. The van der Waals surface area contributed by atoms with Gasteiger partial charge in [-0.05, 0) is 44.0 Å². The van der Waals surface area contributed by atoms with Gasteiger partial charge in [0.25, 0.3) is 0 Å². The van der Waals surface area contributed by atoms with Crippen LogP contribution in [-0.2, 0) is 32.2 Å². The van der Waals surface area contributed by atoms with Crippen LogP contribution in [0, 0.1) is 0 Å². The summed E-state index contributed by atoms with van der Waals surface area (Å²) in [7, 11) is -4.17. The van der Waals surface area contributed by atoms with Gasteiger partial charge in [-0.15, -0.1) is 0 Å². The van der Waals surface area contributed by atoms with Crippen LogP contribution in [0.5, 0.6) is 0 Å². The Kier molecular flexibility index (Phi) is 9.56. The average Bonchev–Trinajstić information content (AvgIpc) is 2.77. The molecule has 0 aliphatic carbocycles. The number of sulfonamides is 1. The summed E-state index contributed by atoms with van der Waals surface area (Å²) in [6.07, 6.45) is -3.66. The molecule has 0 aromatic heterocycles. The number of carbonyl (C=O) groups excluding carboxylic acids is 2. The lowest BCUT2D eigenvalue weighted by Gasteiger charge is -2.31. The average molecular weight is 534 g/mol. The lowest BCUT2D eigenvalue weighted by molar-refractivity contribution is -0.138. The van der Waals surface area contributed by atoms with Crippen molar-refractivity contribution in [1.29, 1.82) is 0 Å². The lowest BCUT2D eigenvalue weighted by atomic mass is 10.1. The number of nitrogens with zero attached hydrogens (tertiary/aromatic N) is 2. The van der Waals surface area contributed by atoms with E-state index in [2.05, 4.69) is 5.32 Å². The number of rotatable bonds is 10. The smallest absolute Gasteiger partial charge is 0.355 e. The molecule has 2 aromatic rings. The van der Waals surface area contributed by atoms with E-state index < -0.39 is 51.2 Å². The van der Waals surface area contributed by atoms with E-state index in [1.807, 2.05) is 30.3 Å². The predicted octanol–water partition coefficient (Wildman–Crippen LogP) is 3.72. The van der Waals surface area contributed by atoms with E-state index in [0.29, 0.717) is 23.3 Å². The van der Waals surface area contributed by atoms with Gasteiger partial charge >= 0.3 is 6.18 Å². The molecule has 1 N–H and O–H groups in total. The van der Waals surface area contributed by atoms with Gasteiger partial charge in [-0.25, -0.2) is 8.42 Å². The van der Waals surface area contributed by atoms with E-state index in [1.54, 1.807) is 6.92 Å². The number of anilines is 1. The van der Waals surface area contributed by atoms with E-state index in [1.165, 1.54) is 11.8 Å². The summed E-state index contributed by atoms with van der Waals surface area (Å²) in [5, 5.41) is 2.02. The third kappa shape index (κ3) is 7.86. The maximum absolute atomic E-state index is 13.3. The zero-order valence-corrected chi connectivity index (χ0v) is 21.0. The predicted molar refractivity (Wildman–Crippen MR) is 129 cm³/mol. The lowest BCUT2D eigenvalue weighted by Crippen LogP contribution is -2.52. The van der Waals surface area contributed by atoms with Crippen molar-refractivity contribution >= 4 is 39.1 Å². The number of carbonyl (C=O) groups is 2. The van der Waals surface area contributed by atoms with Gasteiger partial charge in [0, 0.05) is 13.1 Å². The number of halogens is 4. The standard InChI is InChI=1S/C23H27ClF3N3O4S/c1-4-28-22(32)16(2)29(13-12-17-8-6-5-7-9-17)21(31)15-30(35(3,33)34)18-10-11-20(24)19(14-18)23(25,26)27/h5-11,14,16H,4,12-13,15H2,1-3H3,(H,28,32)/t16-/m0/s1. The van der Waals surface area contributed by atoms with Crippen molar-refractivity contribution in [2.24, 2.45) is 0 Å². The van der Waals surface area contributed by atoms with Crippen LogP contribution in [0.25, 0.3) is 0 Å². The number of hydrogen-bond donors (Lipinski definition) is 1. The Morgan fingerprint density at radius 1 is 1.11 bits per heavy atom. The van der Waals surface area contributed by atoms with Gasteiger partial charge < -0.3 is 10.2 Å². The molecule has 12 heteroatoms. The fourth-order valence-electron chi connectivity index (χ4n) is 3.39. The molecule has 0 radical (unpaired) electrons. The first-order valence-electron chi connectivity index (χ1n) is 10.7. The van der Waals surface area contributed by atoms with Gasteiger partial charge in [-0.1, -0.05) is 41.9 Å². The van der Waals surface area contributed by atoms with Crippen LogP contribution in [0.1, 0.15) is 25.0 Å². The summed E-state index contributed by atoms with van der Waals surface area (Å²) in [5.41, 5.74) is -0.707. The molecule has 2 aromatic carbocycles. The van der Waals surface area contributed by atoms with Crippen molar-refractivity contribution in [2.75, 3.05) is 30.2 Å². The van der Waals surface area contributed by atoms with Crippen LogP contribution in [-0.4, -0.2) is 57.1 Å². The Balaban J connectivity index is 2.40. The van der Waals surface area contributed by atoms with Gasteiger partial charge in [-0.2, -0.15) is 13.2 Å². The van der Waals surface area contributed by atoms with E-state index in [0.717, 1.165) is 24.0 Å². The summed E-state index contributed by atoms with van der Waals surface area (Å²) >= 11 is 5.65. The Labute approximate surface area is 207 Å². The largest absolute Gasteiger partial charge is 0.417 e. The van der Waals surface area contributed by atoms with Crippen LogP contribution in [0.4, 0.5) is 18.9 Å². The minimum atomic E-state index is -4.82. The molecule has 0 heterocycles. The van der Waals surface area contributed by atoms with E-state index >= 15 is 0 Å². The summed E-state index contributed by atoms with van der Waals surface area (Å²) in [6.45, 7) is 2.83. The minimum Gasteiger partial charge on any atom is -0.355 e. The summed E-state index contributed by atoms with van der Waals surface area (Å²) in [4.78, 5) is 27.0. The van der Waals surface area contributed by atoms with Crippen molar-refractivity contribution in [3.8, 4) is 0 Å². The summed E-state index contributed by atoms with van der Waals surface area (Å²) < 4.78 is 65.5. The van der Waals surface area contributed by atoms with Crippen LogP contribution < -0.4 is 9.62 Å². The molecule has 0 saturated carbocycles. The van der Waals surface area contributed by atoms with Crippen LogP contribution in [0.15, 0.2) is 48.5 Å². The number of benzene rings is 2. The van der Waals surface area contributed by atoms with Gasteiger partial charge in [0.2, 0.25) is 21.8 Å². The van der Waals surface area contributed by atoms with Crippen molar-refractivity contribution in [1.82, 2.24) is 10.2 Å². The highest BCUT2D eigenvalue weighted by Crippen LogP contribution is 2.37. The molecular weight excluding hydrogens is 507 g/mol. The second-order valence-electron chi connectivity index (χ2n) is 7.82. The highest BCUT2D eigenvalue weighted by molar-refractivity contribution is 7.92. The van der Waals surface area contributed by atoms with Gasteiger partial charge in [0.05, 0.1) is 22.5 Å². The zero-order valence-electron chi connectivity index (χ0n) is 19.5. The quantitative estimate of drug-likeness (QED) is 0.504. The normalized spacial score (nSPS) is 12.7. The number of likely N-dealkylation sites (N-methyl/N-ethyl adjacent to an activating group) is 1. The fraction of sp³-hybridized carbons (Fsp3) is 0.391. The van der Waals surface area contributed by atoms with E-state index in [4.69, 9.17) is 11.6 Å². The Morgan fingerprint density at radius 2 is 1.74 bits per heavy atom. The molecule has 0 saturated heterocycles. The Bertz CT molecular complexity index is 1140. The molecule has 2 amide bonds. The van der Waals surface area contributed by atoms with Crippen LogP contribution >= 0.6 is 11.6 Å². The molecule has 0 aliphatic heterocycles. The van der Waals surface area contributed by atoms with Crippen molar-refractivity contribution in [2.45, 2.75) is 32.5 Å². The molecular formula is C23H27ClF3N3O4S. The number of amides is 2. The molecule has 0 spiro atoms. The van der Waals surface area contributed by atoms with E-state index in [9.17, 15) is 31.2 Å². The van der Waals surface area contributed by atoms with Crippen molar-refractivity contribution < 1.29 is 31.2 Å². The fourth-order valence-corrected chi connectivity index (χ4v) is 4.46. The minimum absolute atomic E-state index is 0.0904. The molecule has 0 aliphatic rings. The first-order valence-corrected chi connectivity index (χ1v) is 12.9. The Morgan fingerprint density at radius 3 is 2.29 bits per heavy atom. The Hall–Kier alpha value is -2.79. The molecule has 0 bridgehead atoms. The summed E-state index contributed by atoms with van der Waals surface area (Å²) in [5.74, 6) is -1.18. The SMILES string of the molecule is CCNC(=O)[C@H](C)N(CCc1ccccc1)C(=O)CN(c1ccc(Cl)c(C(F)(F)F)c1)S(C)(=O)=O.